The van der Waals surface area contributed by atoms with Gasteiger partial charge in [0.05, 0.1) is 17.6 Å². The Morgan fingerprint density at radius 3 is 2.05 bits per heavy atom. The summed E-state index contributed by atoms with van der Waals surface area (Å²) < 4.78 is 7.44. The molecule has 1 aliphatic rings. The minimum atomic E-state index is 0.474. The monoisotopic (exact) mass is 547 g/mol. The highest BCUT2D eigenvalue weighted by Crippen LogP contribution is 2.32. The van der Waals surface area contributed by atoms with Crippen LogP contribution >= 0.6 is 0 Å². The van der Waals surface area contributed by atoms with Crippen molar-refractivity contribution in [1.82, 2.24) is 4.40 Å². The molecule has 214 valence electrons. The molecule has 0 N–H and O–H groups in total. The Balaban J connectivity index is 0.000000170. The van der Waals surface area contributed by atoms with E-state index in [1.54, 1.807) is 11.4 Å². The van der Waals surface area contributed by atoms with Gasteiger partial charge in [-0.3, -0.25) is 0 Å². The van der Waals surface area contributed by atoms with Crippen LogP contribution in [0.4, 0.5) is 0 Å². The Morgan fingerprint density at radius 2 is 1.34 bits per heavy atom. The first-order valence-corrected chi connectivity index (χ1v) is 15.8. The predicted molar refractivity (Wildman–Crippen MR) is 173 cm³/mol. The molecule has 6 rings (SSSR count). The molecule has 0 unspecified atom stereocenters. The van der Waals surface area contributed by atoms with Gasteiger partial charge in [-0.1, -0.05) is 64.1 Å². The molecule has 0 fully saturated rings. The third kappa shape index (κ3) is 5.56. The molecule has 3 heterocycles. The first-order valence-electron chi connectivity index (χ1n) is 15.8. The number of aryl methyl sites for hydroxylation is 1. The number of aromatic nitrogens is 3. The van der Waals surface area contributed by atoms with E-state index in [1.807, 2.05) is 0 Å². The second-order valence-electron chi connectivity index (χ2n) is 12.9. The largest absolute Gasteiger partial charge is 0.295 e. The Labute approximate surface area is 247 Å². The third-order valence-electron chi connectivity index (χ3n) is 8.65. The van der Waals surface area contributed by atoms with Crippen molar-refractivity contribution < 1.29 is 9.13 Å². The normalized spacial score (nSPS) is 13.4. The van der Waals surface area contributed by atoms with Crippen molar-refractivity contribution in [3.63, 3.8) is 0 Å². The molecule has 0 bridgehead atoms. The maximum Gasteiger partial charge on any atom is 0.295 e. The summed E-state index contributed by atoms with van der Waals surface area (Å²) in [6.07, 6.45) is 9.54. The van der Waals surface area contributed by atoms with E-state index < -0.39 is 0 Å². The van der Waals surface area contributed by atoms with Gasteiger partial charge in [0.25, 0.3) is 5.65 Å². The second-order valence-corrected chi connectivity index (χ2v) is 12.9. The smallest absolute Gasteiger partial charge is 0.224 e. The molecule has 0 spiro atoms. The molecule has 3 nitrogen and oxygen atoms in total. The van der Waals surface area contributed by atoms with Gasteiger partial charge in [0.1, 0.15) is 5.69 Å². The second kappa shape index (κ2) is 12.2. The molecule has 1 aliphatic carbocycles. The van der Waals surface area contributed by atoms with E-state index in [-0.39, 0.29) is 0 Å². The van der Waals surface area contributed by atoms with E-state index in [0.29, 0.717) is 23.9 Å². The molecular weight excluding hydrogens is 498 g/mol. The van der Waals surface area contributed by atoms with Crippen LogP contribution in [0.15, 0.2) is 79.1 Å². The quantitative estimate of drug-likeness (QED) is 0.194. The molecule has 5 aromatic rings. The van der Waals surface area contributed by atoms with Crippen molar-refractivity contribution in [2.75, 3.05) is 0 Å². The van der Waals surface area contributed by atoms with E-state index in [2.05, 4.69) is 148 Å². The van der Waals surface area contributed by atoms with Gasteiger partial charge in [-0.25, -0.2) is 4.57 Å². The Kier molecular flexibility index (Phi) is 8.63. The number of benzene rings is 2. The number of fused-ring (bicyclic) bond motifs is 5. The number of nitrogens with zero attached hydrogens (tertiary/aromatic N) is 3. The fraction of sp³-hybridized carbons (Fsp3) is 0.421. The highest BCUT2D eigenvalue weighted by molar-refractivity contribution is 5.96. The first-order chi connectivity index (χ1) is 19.7. The van der Waals surface area contributed by atoms with Crippen LogP contribution in [0.5, 0.6) is 0 Å². The van der Waals surface area contributed by atoms with E-state index in [0.717, 1.165) is 0 Å². The van der Waals surface area contributed by atoms with Crippen LogP contribution in [-0.2, 0) is 12.8 Å². The number of hydrogen-bond acceptors (Lipinski definition) is 0. The zero-order valence-corrected chi connectivity index (χ0v) is 26.5. The Morgan fingerprint density at radius 1 is 0.659 bits per heavy atom. The molecule has 0 saturated carbocycles. The van der Waals surface area contributed by atoms with E-state index in [1.165, 1.54) is 64.5 Å². The first kappa shape index (κ1) is 29.0. The van der Waals surface area contributed by atoms with Crippen LogP contribution in [0.3, 0.4) is 0 Å². The molecule has 3 aromatic heterocycles. The van der Waals surface area contributed by atoms with Crippen LogP contribution in [0.2, 0.25) is 0 Å². The minimum Gasteiger partial charge on any atom is -0.224 e. The Hall–Kier alpha value is -3.46. The summed E-state index contributed by atoms with van der Waals surface area (Å²) in [6, 6.07) is 25.2. The van der Waals surface area contributed by atoms with Crippen LogP contribution < -0.4 is 9.13 Å². The zero-order chi connectivity index (χ0) is 29.3. The zero-order valence-electron chi connectivity index (χ0n) is 26.5. The van der Waals surface area contributed by atoms with Crippen LogP contribution in [-0.4, -0.2) is 4.40 Å². The summed E-state index contributed by atoms with van der Waals surface area (Å²) in [5.41, 5.74) is 10.1. The van der Waals surface area contributed by atoms with Gasteiger partial charge in [-0.05, 0) is 87.1 Å². The molecule has 0 radical (unpaired) electrons. The van der Waals surface area contributed by atoms with Gasteiger partial charge in [0.2, 0.25) is 5.69 Å². The number of pyridine rings is 2. The predicted octanol–water partition coefficient (Wildman–Crippen LogP) is 9.31. The molecule has 0 atom stereocenters. The lowest BCUT2D eigenvalue weighted by molar-refractivity contribution is -0.705. The maximum atomic E-state index is 2.61. The number of imidazole rings is 1. The van der Waals surface area contributed by atoms with Crippen molar-refractivity contribution >= 4 is 16.4 Å². The molecule has 2 aromatic carbocycles. The van der Waals surface area contributed by atoms with Crippen LogP contribution in [0.25, 0.3) is 27.7 Å². The van der Waals surface area contributed by atoms with Gasteiger partial charge >= 0.3 is 0 Å². The van der Waals surface area contributed by atoms with Gasteiger partial charge < -0.3 is 0 Å². The minimum absolute atomic E-state index is 0.474. The molecule has 0 saturated heterocycles. The topological polar surface area (TPSA) is 12.2 Å². The number of hydrogen-bond donors (Lipinski definition) is 0. The van der Waals surface area contributed by atoms with Gasteiger partial charge in [-0.2, -0.15) is 8.97 Å². The summed E-state index contributed by atoms with van der Waals surface area (Å²) in [7, 11) is 0. The summed E-state index contributed by atoms with van der Waals surface area (Å²) in [6.45, 7) is 18.2. The van der Waals surface area contributed by atoms with Crippen molar-refractivity contribution in [3.8, 4) is 11.3 Å². The summed E-state index contributed by atoms with van der Waals surface area (Å²) in [4.78, 5) is 0. The lowest BCUT2D eigenvalue weighted by Gasteiger charge is -2.13. The van der Waals surface area contributed by atoms with Crippen molar-refractivity contribution in [3.05, 3.63) is 102 Å². The summed E-state index contributed by atoms with van der Waals surface area (Å²) in [5.74, 6) is 1.08. The molecule has 3 heteroatoms. The SMILES string of the molecule is CC(C)c1cccc2ccn3c4c([n+](C(C)C)c3c12)CCCC4.CC(C)c1ccccc1-c1cccc[n+]1C(C)C. The summed E-state index contributed by atoms with van der Waals surface area (Å²) >= 11 is 0. The fourth-order valence-corrected chi connectivity index (χ4v) is 6.71. The van der Waals surface area contributed by atoms with Crippen LogP contribution in [0, 0.1) is 0 Å². The molecular formula is C38H49N3+2. The van der Waals surface area contributed by atoms with Gasteiger partial charge in [0, 0.05) is 30.5 Å². The standard InChI is InChI=1S/C21H27N2.C17H22N/c1-14(2)17-9-7-8-16-12-13-22-18-10-5-6-11-19(18)23(15(3)4)21(22)20(16)17;1-13(2)15-9-5-6-10-16(15)17-11-7-8-12-18(17)14(3)4/h7-9,12-15H,5-6,10-11H2,1-4H3;5-14H,1-4H3/q2*+1. The van der Waals surface area contributed by atoms with Crippen molar-refractivity contribution in [1.29, 1.82) is 0 Å². The lowest BCUT2D eigenvalue weighted by Crippen LogP contribution is -2.40. The number of rotatable bonds is 5. The van der Waals surface area contributed by atoms with Gasteiger partial charge in [-0.15, -0.1) is 0 Å². The Bertz CT molecular complexity index is 1600. The van der Waals surface area contributed by atoms with Crippen LogP contribution in [0.1, 0.15) is 115 Å². The lowest BCUT2D eigenvalue weighted by atomic mass is 9.95. The summed E-state index contributed by atoms with van der Waals surface area (Å²) in [5, 5.41) is 2.82. The third-order valence-corrected chi connectivity index (χ3v) is 8.65. The highest BCUT2D eigenvalue weighted by Gasteiger charge is 2.31. The maximum absolute atomic E-state index is 2.61. The van der Waals surface area contributed by atoms with Crippen molar-refractivity contribution in [2.45, 2.75) is 105 Å². The average molecular weight is 548 g/mol. The average Bonchev–Trinajstić information content (AvgIpc) is 3.32. The highest BCUT2D eigenvalue weighted by atomic mass is 15.2. The van der Waals surface area contributed by atoms with E-state index in [4.69, 9.17) is 0 Å². The fourth-order valence-electron chi connectivity index (χ4n) is 6.71. The van der Waals surface area contributed by atoms with E-state index >= 15 is 0 Å². The van der Waals surface area contributed by atoms with Gasteiger partial charge in [0.15, 0.2) is 17.9 Å². The molecule has 0 amide bonds. The molecule has 0 aliphatic heterocycles. The van der Waals surface area contributed by atoms with E-state index in [9.17, 15) is 0 Å². The van der Waals surface area contributed by atoms with Crippen molar-refractivity contribution in [2.24, 2.45) is 0 Å². The molecule has 41 heavy (non-hydrogen) atoms.